The van der Waals surface area contributed by atoms with E-state index >= 15 is 0 Å². The van der Waals surface area contributed by atoms with E-state index in [4.69, 9.17) is 16.3 Å². The van der Waals surface area contributed by atoms with E-state index in [1.807, 2.05) is 0 Å². The third-order valence-corrected chi connectivity index (χ3v) is 3.55. The zero-order valence-corrected chi connectivity index (χ0v) is 12.3. The Morgan fingerprint density at radius 3 is 2.84 bits per heavy atom. The number of methoxy groups -OCH3 is 1. The average molecular weight is 285 g/mol. The molecule has 2 heterocycles. The van der Waals surface area contributed by atoms with Crippen molar-refractivity contribution >= 4 is 17.4 Å². The number of piperidine rings is 1. The summed E-state index contributed by atoms with van der Waals surface area (Å²) < 4.78 is 5.01. The first-order valence-electron chi connectivity index (χ1n) is 6.74. The van der Waals surface area contributed by atoms with E-state index < -0.39 is 0 Å². The van der Waals surface area contributed by atoms with Crippen LogP contribution in [0.4, 0.5) is 5.82 Å². The van der Waals surface area contributed by atoms with Crippen LogP contribution in [0.15, 0.2) is 6.20 Å². The highest BCUT2D eigenvalue weighted by molar-refractivity contribution is 6.32. The summed E-state index contributed by atoms with van der Waals surface area (Å²) in [4.78, 5) is 10.7. The van der Waals surface area contributed by atoms with Gasteiger partial charge in [-0.05, 0) is 32.9 Å². The lowest BCUT2D eigenvalue weighted by Crippen LogP contribution is -2.38. The minimum absolute atomic E-state index is 0.287. The summed E-state index contributed by atoms with van der Waals surface area (Å²) in [6, 6.07) is 0.618. The minimum atomic E-state index is 0.287. The first kappa shape index (κ1) is 14.3. The van der Waals surface area contributed by atoms with Crippen molar-refractivity contribution in [3.8, 4) is 6.01 Å². The molecule has 2 rings (SSSR count). The van der Waals surface area contributed by atoms with Crippen LogP contribution >= 0.6 is 11.6 Å². The first-order chi connectivity index (χ1) is 9.19. The molecule has 1 aromatic heterocycles. The predicted octanol–water partition coefficient (Wildman–Crippen LogP) is 2.42. The largest absolute Gasteiger partial charge is 0.467 e. The highest BCUT2D eigenvalue weighted by Crippen LogP contribution is 2.21. The minimum Gasteiger partial charge on any atom is -0.467 e. The van der Waals surface area contributed by atoms with Gasteiger partial charge >= 0.3 is 6.01 Å². The van der Waals surface area contributed by atoms with E-state index in [1.54, 1.807) is 13.3 Å². The van der Waals surface area contributed by atoms with Crippen LogP contribution in [-0.2, 0) is 0 Å². The van der Waals surface area contributed by atoms with E-state index in [9.17, 15) is 0 Å². The fraction of sp³-hybridized carbons (Fsp3) is 0.692. The van der Waals surface area contributed by atoms with Crippen LogP contribution in [-0.4, -0.2) is 47.7 Å². The maximum Gasteiger partial charge on any atom is 0.318 e. The van der Waals surface area contributed by atoms with E-state index in [0.29, 0.717) is 16.9 Å². The summed E-state index contributed by atoms with van der Waals surface area (Å²) in [6.45, 7) is 5.52. The van der Waals surface area contributed by atoms with Gasteiger partial charge in [0, 0.05) is 12.6 Å². The molecule has 0 saturated carbocycles. The fourth-order valence-electron chi connectivity index (χ4n) is 2.36. The van der Waals surface area contributed by atoms with Gasteiger partial charge in [-0.1, -0.05) is 18.0 Å². The molecule has 1 aromatic rings. The Morgan fingerprint density at radius 1 is 1.42 bits per heavy atom. The molecule has 5 nitrogen and oxygen atoms in total. The Bertz CT molecular complexity index is 410. The fourth-order valence-corrected chi connectivity index (χ4v) is 2.50. The second-order valence-corrected chi connectivity index (χ2v) is 5.37. The number of halogens is 1. The highest BCUT2D eigenvalue weighted by atomic mass is 35.5. The van der Waals surface area contributed by atoms with Crippen LogP contribution in [0.25, 0.3) is 0 Å². The number of nitrogens with one attached hydrogen (secondary N) is 1. The molecule has 1 saturated heterocycles. The molecule has 1 N–H and O–H groups in total. The molecule has 1 aliphatic rings. The third-order valence-electron chi connectivity index (χ3n) is 3.27. The molecule has 1 unspecified atom stereocenters. The van der Waals surface area contributed by atoms with Gasteiger partial charge in [-0.15, -0.1) is 0 Å². The summed E-state index contributed by atoms with van der Waals surface area (Å²) in [5, 5.41) is 3.85. The van der Waals surface area contributed by atoms with Crippen molar-refractivity contribution in [3.63, 3.8) is 0 Å². The molecule has 0 amide bonds. The normalized spacial score (nSPS) is 18.1. The highest BCUT2D eigenvalue weighted by Gasteiger charge is 2.15. The number of aromatic nitrogens is 2. The Hall–Kier alpha value is -1.07. The first-order valence-corrected chi connectivity index (χ1v) is 7.12. The van der Waals surface area contributed by atoms with Crippen LogP contribution < -0.4 is 10.1 Å². The molecular weight excluding hydrogens is 264 g/mol. The van der Waals surface area contributed by atoms with Crippen LogP contribution in [0.1, 0.15) is 26.2 Å². The Balaban J connectivity index is 1.92. The molecule has 0 bridgehead atoms. The summed E-state index contributed by atoms with van der Waals surface area (Å²) in [6.07, 6.45) is 5.51. The maximum absolute atomic E-state index is 6.08. The standard InChI is InChI=1S/C13H21ClN4O/c1-10(9-18-6-4-3-5-7-18)16-12-11(14)8-15-13(17-12)19-2/h8,10H,3-7,9H2,1-2H3,(H,15,16,17). The quantitative estimate of drug-likeness (QED) is 0.900. The summed E-state index contributed by atoms with van der Waals surface area (Å²) in [5.41, 5.74) is 0. The second kappa shape index (κ2) is 6.91. The van der Waals surface area contributed by atoms with Gasteiger partial charge in [0.15, 0.2) is 5.82 Å². The lowest BCUT2D eigenvalue weighted by molar-refractivity contribution is 0.223. The predicted molar refractivity (Wildman–Crippen MR) is 77.0 cm³/mol. The Labute approximate surface area is 119 Å². The van der Waals surface area contributed by atoms with Crippen molar-refractivity contribution in [2.24, 2.45) is 0 Å². The smallest absolute Gasteiger partial charge is 0.318 e. The Morgan fingerprint density at radius 2 is 2.16 bits per heavy atom. The molecule has 106 valence electrons. The van der Waals surface area contributed by atoms with Crippen LogP contribution in [0.2, 0.25) is 5.02 Å². The molecule has 19 heavy (non-hydrogen) atoms. The van der Waals surface area contributed by atoms with Gasteiger partial charge in [0.25, 0.3) is 0 Å². The number of hydrogen-bond donors (Lipinski definition) is 1. The van der Waals surface area contributed by atoms with Crippen molar-refractivity contribution in [1.82, 2.24) is 14.9 Å². The lowest BCUT2D eigenvalue weighted by Gasteiger charge is -2.29. The molecule has 1 aliphatic heterocycles. The molecule has 1 atom stereocenters. The van der Waals surface area contributed by atoms with Gasteiger partial charge in [0.2, 0.25) is 0 Å². The summed E-state index contributed by atoms with van der Waals surface area (Å²) >= 11 is 6.08. The van der Waals surface area contributed by atoms with E-state index in [1.165, 1.54) is 32.4 Å². The zero-order chi connectivity index (χ0) is 13.7. The third kappa shape index (κ3) is 4.21. The van der Waals surface area contributed by atoms with Gasteiger partial charge < -0.3 is 15.0 Å². The molecule has 6 heteroatoms. The lowest BCUT2D eigenvalue weighted by atomic mass is 10.1. The molecule has 0 aliphatic carbocycles. The van der Waals surface area contributed by atoms with Crippen molar-refractivity contribution in [1.29, 1.82) is 0 Å². The van der Waals surface area contributed by atoms with E-state index in [-0.39, 0.29) is 6.04 Å². The van der Waals surface area contributed by atoms with Crippen molar-refractivity contribution in [3.05, 3.63) is 11.2 Å². The average Bonchev–Trinajstić information content (AvgIpc) is 2.42. The number of hydrogen-bond acceptors (Lipinski definition) is 5. The molecule has 0 spiro atoms. The van der Waals surface area contributed by atoms with Gasteiger partial charge in [0.1, 0.15) is 5.02 Å². The topological polar surface area (TPSA) is 50.3 Å². The maximum atomic E-state index is 6.08. The van der Waals surface area contributed by atoms with Crippen molar-refractivity contribution < 1.29 is 4.74 Å². The second-order valence-electron chi connectivity index (χ2n) is 4.96. The van der Waals surface area contributed by atoms with E-state index in [2.05, 4.69) is 27.1 Å². The number of likely N-dealkylation sites (tertiary alicyclic amines) is 1. The van der Waals surface area contributed by atoms with E-state index in [0.717, 1.165) is 6.54 Å². The van der Waals surface area contributed by atoms with Crippen molar-refractivity contribution in [2.45, 2.75) is 32.2 Å². The number of anilines is 1. The number of nitrogens with zero attached hydrogens (tertiary/aromatic N) is 3. The monoisotopic (exact) mass is 284 g/mol. The molecule has 0 aromatic carbocycles. The number of ether oxygens (including phenoxy) is 1. The van der Waals surface area contributed by atoms with Gasteiger partial charge in [0.05, 0.1) is 13.3 Å². The van der Waals surface area contributed by atoms with Crippen LogP contribution in [0.3, 0.4) is 0 Å². The molecule has 1 fully saturated rings. The van der Waals surface area contributed by atoms with Gasteiger partial charge in [-0.25, -0.2) is 4.98 Å². The van der Waals surface area contributed by atoms with Crippen LogP contribution in [0, 0.1) is 0 Å². The Kier molecular flexibility index (Phi) is 5.22. The van der Waals surface area contributed by atoms with Gasteiger partial charge in [-0.2, -0.15) is 4.98 Å². The van der Waals surface area contributed by atoms with Gasteiger partial charge in [-0.3, -0.25) is 0 Å². The summed E-state index contributed by atoms with van der Waals surface area (Å²) in [7, 11) is 1.55. The summed E-state index contributed by atoms with van der Waals surface area (Å²) in [5.74, 6) is 0.637. The van der Waals surface area contributed by atoms with Crippen LogP contribution in [0.5, 0.6) is 6.01 Å². The van der Waals surface area contributed by atoms with Crippen molar-refractivity contribution in [2.75, 3.05) is 32.1 Å². The molecule has 0 radical (unpaired) electrons. The zero-order valence-electron chi connectivity index (χ0n) is 11.5. The number of rotatable bonds is 5. The SMILES string of the molecule is COc1ncc(Cl)c(NC(C)CN2CCCCC2)n1. The molecular formula is C13H21ClN4O.